The van der Waals surface area contributed by atoms with Crippen molar-refractivity contribution in [2.24, 2.45) is 0 Å². The number of nitrogens with one attached hydrogen (secondary N) is 1. The van der Waals surface area contributed by atoms with E-state index in [0.29, 0.717) is 26.2 Å². The van der Waals surface area contributed by atoms with E-state index in [9.17, 15) is 14.4 Å². The van der Waals surface area contributed by atoms with E-state index in [0.717, 1.165) is 15.9 Å². The molecule has 0 radical (unpaired) electrons. The van der Waals surface area contributed by atoms with Crippen LogP contribution < -0.4 is 10.2 Å². The van der Waals surface area contributed by atoms with Crippen LogP contribution in [0.2, 0.25) is 0 Å². The number of rotatable bonds is 6. The van der Waals surface area contributed by atoms with Crippen LogP contribution in [-0.4, -0.2) is 66.4 Å². The van der Waals surface area contributed by atoms with Crippen molar-refractivity contribution < 1.29 is 19.1 Å². The lowest BCUT2D eigenvalue weighted by atomic mass is 10.2. The molecule has 1 fully saturated rings. The zero-order valence-electron chi connectivity index (χ0n) is 16.0. The van der Waals surface area contributed by atoms with Crippen molar-refractivity contribution >= 4 is 45.2 Å². The third-order valence-corrected chi connectivity index (χ3v) is 5.61. The third-order valence-electron chi connectivity index (χ3n) is 4.79. The normalized spacial score (nSPS) is 15.4. The van der Waals surface area contributed by atoms with Gasteiger partial charge in [0.25, 0.3) is 0 Å². The maximum atomic E-state index is 12.4. The quantitative estimate of drug-likeness (QED) is 0.732. The summed E-state index contributed by atoms with van der Waals surface area (Å²) in [7, 11) is 1.27. The van der Waals surface area contributed by atoms with Gasteiger partial charge in [-0.05, 0) is 30.6 Å². The summed E-state index contributed by atoms with van der Waals surface area (Å²) in [6.07, 6.45) is 0.177. The van der Waals surface area contributed by atoms with Gasteiger partial charge >= 0.3 is 5.97 Å². The highest BCUT2D eigenvalue weighted by molar-refractivity contribution is 7.13. The predicted molar refractivity (Wildman–Crippen MR) is 107 cm³/mol. The Morgan fingerprint density at radius 1 is 1.18 bits per heavy atom. The van der Waals surface area contributed by atoms with E-state index in [-0.39, 0.29) is 24.7 Å². The molecular weight excluding hydrogens is 380 g/mol. The minimum Gasteiger partial charge on any atom is -0.467 e. The smallest absolute Gasteiger partial charge is 0.328 e. The molecule has 0 aliphatic carbocycles. The monoisotopic (exact) mass is 404 g/mol. The van der Waals surface area contributed by atoms with Gasteiger partial charge in [0.2, 0.25) is 11.8 Å². The van der Waals surface area contributed by atoms with E-state index in [1.54, 1.807) is 11.8 Å². The van der Waals surface area contributed by atoms with Crippen LogP contribution in [0.15, 0.2) is 24.3 Å². The average Bonchev–Trinajstić information content (AvgIpc) is 3.15. The Morgan fingerprint density at radius 2 is 1.89 bits per heavy atom. The van der Waals surface area contributed by atoms with Crippen LogP contribution in [0, 0.1) is 0 Å². The van der Waals surface area contributed by atoms with E-state index in [1.165, 1.54) is 18.6 Å². The maximum Gasteiger partial charge on any atom is 0.328 e. The van der Waals surface area contributed by atoms with Crippen molar-refractivity contribution in [2.75, 3.05) is 38.2 Å². The van der Waals surface area contributed by atoms with Crippen molar-refractivity contribution in [3.63, 3.8) is 0 Å². The molecule has 1 unspecified atom stereocenters. The van der Waals surface area contributed by atoms with Crippen LogP contribution in [0.4, 0.5) is 5.82 Å². The van der Waals surface area contributed by atoms with Crippen LogP contribution >= 0.6 is 11.5 Å². The van der Waals surface area contributed by atoms with Gasteiger partial charge in [0.15, 0.2) is 0 Å². The summed E-state index contributed by atoms with van der Waals surface area (Å²) in [6, 6.07) is 7.42. The first-order valence-corrected chi connectivity index (χ1v) is 10.0. The highest BCUT2D eigenvalue weighted by Gasteiger charge is 2.24. The lowest BCUT2D eigenvalue weighted by Gasteiger charge is -2.35. The van der Waals surface area contributed by atoms with E-state index in [2.05, 4.69) is 31.5 Å². The van der Waals surface area contributed by atoms with Crippen LogP contribution in [0.3, 0.4) is 0 Å². The average molecular weight is 404 g/mol. The van der Waals surface area contributed by atoms with Crippen LogP contribution in [-0.2, 0) is 19.1 Å². The zero-order chi connectivity index (χ0) is 20.1. The second kappa shape index (κ2) is 9.01. The van der Waals surface area contributed by atoms with Crippen molar-refractivity contribution in [1.29, 1.82) is 0 Å². The second-order valence-corrected chi connectivity index (χ2v) is 7.49. The number of ether oxygens (including phenoxy) is 1. The van der Waals surface area contributed by atoms with Gasteiger partial charge in [0.1, 0.15) is 11.9 Å². The zero-order valence-corrected chi connectivity index (χ0v) is 16.8. The summed E-state index contributed by atoms with van der Waals surface area (Å²) in [4.78, 5) is 39.6. The Labute approximate surface area is 167 Å². The lowest BCUT2D eigenvalue weighted by molar-refractivity contribution is -0.144. The molecule has 1 aromatic heterocycles. The molecular formula is C19H24N4O4S. The predicted octanol–water partition coefficient (Wildman–Crippen LogP) is 1.40. The number of nitrogens with zero attached hydrogens (tertiary/aromatic N) is 3. The Balaban J connectivity index is 1.46. The van der Waals surface area contributed by atoms with E-state index in [4.69, 9.17) is 0 Å². The van der Waals surface area contributed by atoms with Gasteiger partial charge in [-0.3, -0.25) is 9.59 Å². The SMILES string of the molecule is COC(=O)C(C)NC(=O)CCC(=O)N1CCN(c2nsc3ccccc23)CC1. The molecule has 1 aromatic carbocycles. The third kappa shape index (κ3) is 4.59. The molecule has 2 aromatic rings. The molecule has 3 rings (SSSR count). The van der Waals surface area contributed by atoms with Crippen molar-refractivity contribution in [3.05, 3.63) is 24.3 Å². The molecule has 1 saturated heterocycles. The first-order chi connectivity index (χ1) is 13.5. The highest BCUT2D eigenvalue weighted by atomic mass is 32.1. The number of methoxy groups -OCH3 is 1. The topological polar surface area (TPSA) is 91.8 Å². The van der Waals surface area contributed by atoms with Gasteiger partial charge in [-0.25, -0.2) is 4.79 Å². The second-order valence-electron chi connectivity index (χ2n) is 6.68. The Kier molecular flexibility index (Phi) is 6.45. The molecule has 9 heteroatoms. The molecule has 2 amide bonds. The molecule has 2 heterocycles. The number of esters is 1. The van der Waals surface area contributed by atoms with Gasteiger partial charge < -0.3 is 19.9 Å². The summed E-state index contributed by atoms with van der Waals surface area (Å²) >= 11 is 1.48. The largest absolute Gasteiger partial charge is 0.467 e. The van der Waals surface area contributed by atoms with Crippen molar-refractivity contribution in [3.8, 4) is 0 Å². The minimum absolute atomic E-state index is 0.0522. The molecule has 0 spiro atoms. The molecule has 0 saturated carbocycles. The number of amides is 2. The summed E-state index contributed by atoms with van der Waals surface area (Å²) in [6.45, 7) is 4.18. The first kappa shape index (κ1) is 20.1. The molecule has 1 aliphatic heterocycles. The maximum absolute atomic E-state index is 12.4. The summed E-state index contributed by atoms with van der Waals surface area (Å²) in [5.74, 6) is 0.0803. The molecule has 1 N–H and O–H groups in total. The van der Waals surface area contributed by atoms with Gasteiger partial charge in [-0.2, -0.15) is 4.37 Å². The van der Waals surface area contributed by atoms with Crippen LogP contribution in [0.5, 0.6) is 0 Å². The first-order valence-electron chi connectivity index (χ1n) is 9.24. The molecule has 0 bridgehead atoms. The fraction of sp³-hybridized carbons (Fsp3) is 0.474. The molecule has 8 nitrogen and oxygen atoms in total. The number of fused-ring (bicyclic) bond motifs is 1. The standard InChI is InChI=1S/C19H24N4O4S/c1-13(19(26)27-2)20-16(24)7-8-17(25)22-9-11-23(12-10-22)18-14-5-3-4-6-15(14)28-21-18/h3-6,13H,7-12H2,1-2H3,(H,20,24). The Hall–Kier alpha value is -2.68. The Bertz CT molecular complexity index is 860. The lowest BCUT2D eigenvalue weighted by Crippen LogP contribution is -2.49. The van der Waals surface area contributed by atoms with Gasteiger partial charge in [-0.1, -0.05) is 12.1 Å². The van der Waals surface area contributed by atoms with Crippen LogP contribution in [0.25, 0.3) is 10.1 Å². The number of anilines is 1. The van der Waals surface area contributed by atoms with Gasteiger partial charge in [-0.15, -0.1) is 0 Å². The summed E-state index contributed by atoms with van der Waals surface area (Å²) in [5, 5.41) is 3.67. The van der Waals surface area contributed by atoms with Crippen molar-refractivity contribution in [2.45, 2.75) is 25.8 Å². The molecule has 28 heavy (non-hydrogen) atoms. The minimum atomic E-state index is -0.718. The molecule has 1 aliphatic rings. The van der Waals surface area contributed by atoms with Gasteiger partial charge in [0, 0.05) is 44.4 Å². The fourth-order valence-corrected chi connectivity index (χ4v) is 3.99. The number of hydrogen-bond donors (Lipinski definition) is 1. The van der Waals surface area contributed by atoms with Gasteiger partial charge in [0.05, 0.1) is 11.8 Å². The Morgan fingerprint density at radius 3 is 2.61 bits per heavy atom. The van der Waals surface area contributed by atoms with E-state index < -0.39 is 12.0 Å². The number of aromatic nitrogens is 1. The van der Waals surface area contributed by atoms with Crippen LogP contribution in [0.1, 0.15) is 19.8 Å². The summed E-state index contributed by atoms with van der Waals surface area (Å²) < 4.78 is 10.3. The van der Waals surface area contributed by atoms with Crippen molar-refractivity contribution in [1.82, 2.24) is 14.6 Å². The summed E-state index contributed by atoms with van der Waals surface area (Å²) in [5.41, 5.74) is 0. The van der Waals surface area contributed by atoms with E-state index >= 15 is 0 Å². The number of carbonyl (C=O) groups is 3. The molecule has 1 atom stereocenters. The number of hydrogen-bond acceptors (Lipinski definition) is 7. The number of benzene rings is 1. The fourth-order valence-electron chi connectivity index (χ4n) is 3.20. The number of piperazine rings is 1. The molecule has 150 valence electrons. The van der Waals surface area contributed by atoms with E-state index in [1.807, 2.05) is 12.1 Å². The number of carbonyl (C=O) groups excluding carboxylic acids is 3. The highest BCUT2D eigenvalue weighted by Crippen LogP contribution is 2.29.